The van der Waals surface area contributed by atoms with Crippen LogP contribution in [0.2, 0.25) is 0 Å². The Kier molecular flexibility index (Phi) is 9.64. The number of rotatable bonds is 9. The fourth-order valence-corrected chi connectivity index (χ4v) is 9.35. The molecule has 0 saturated heterocycles. The maximum Gasteiger partial charge on any atom is 0.310 e. The summed E-state index contributed by atoms with van der Waals surface area (Å²) in [6, 6.07) is 8.07. The summed E-state index contributed by atoms with van der Waals surface area (Å²) in [6.45, 7) is 7.68. The van der Waals surface area contributed by atoms with Crippen molar-refractivity contribution in [2.24, 2.45) is 28.6 Å². The lowest BCUT2D eigenvalue weighted by Crippen LogP contribution is -2.60. The van der Waals surface area contributed by atoms with Crippen molar-refractivity contribution in [1.82, 2.24) is 5.32 Å². The van der Waals surface area contributed by atoms with Gasteiger partial charge < -0.3 is 15.0 Å². The van der Waals surface area contributed by atoms with Crippen LogP contribution in [-0.4, -0.2) is 54.7 Å². The van der Waals surface area contributed by atoms with Gasteiger partial charge >= 0.3 is 5.97 Å². The summed E-state index contributed by atoms with van der Waals surface area (Å²) in [4.78, 5) is 40.8. The number of amides is 1. The Labute approximate surface area is 260 Å². The second-order valence-corrected chi connectivity index (χ2v) is 14.3. The number of hydrogen-bond acceptors (Lipinski definition) is 5. The minimum absolute atomic E-state index is 0.0147. The number of allylic oxidation sites excluding steroid dienone is 1. The predicted octanol–water partition coefficient (Wildman–Crippen LogP) is 6.46. The highest BCUT2D eigenvalue weighted by Gasteiger charge is 2.60. The molecule has 4 aliphatic carbocycles. The summed E-state index contributed by atoms with van der Waals surface area (Å²) >= 11 is 11.9. The maximum atomic E-state index is 13.8. The minimum atomic E-state index is -0.227. The number of nitrogens with one attached hydrogen (secondary N) is 1. The van der Waals surface area contributed by atoms with Crippen molar-refractivity contribution in [3.8, 4) is 0 Å². The Morgan fingerprint density at radius 2 is 1.71 bits per heavy atom. The highest BCUT2D eigenvalue weighted by Crippen LogP contribution is 2.63. The minimum Gasteiger partial charge on any atom is -0.462 e. The van der Waals surface area contributed by atoms with Gasteiger partial charge in [-0.1, -0.05) is 38.0 Å². The number of carbonyl (C=O) groups excluding carboxylic acids is 3. The Morgan fingerprint density at radius 1 is 1.00 bits per heavy atom. The Balaban J connectivity index is 1.23. The van der Waals surface area contributed by atoms with Crippen LogP contribution in [0.4, 0.5) is 5.69 Å². The quantitative estimate of drug-likeness (QED) is 0.254. The van der Waals surface area contributed by atoms with Crippen LogP contribution in [0.1, 0.15) is 77.7 Å². The van der Waals surface area contributed by atoms with Crippen LogP contribution >= 0.6 is 23.2 Å². The third-order valence-corrected chi connectivity index (χ3v) is 11.5. The van der Waals surface area contributed by atoms with Crippen molar-refractivity contribution in [2.75, 3.05) is 29.7 Å². The van der Waals surface area contributed by atoms with Crippen LogP contribution in [0, 0.1) is 28.6 Å². The molecule has 1 N–H and O–H groups in total. The van der Waals surface area contributed by atoms with E-state index in [1.54, 1.807) is 6.92 Å². The highest BCUT2D eigenvalue weighted by atomic mass is 35.5. The first-order valence-corrected chi connectivity index (χ1v) is 16.8. The smallest absolute Gasteiger partial charge is 0.310 e. The molecule has 1 aromatic rings. The average molecular weight is 618 g/mol. The second kappa shape index (κ2) is 12.9. The number of anilines is 1. The van der Waals surface area contributed by atoms with Gasteiger partial charge in [0.2, 0.25) is 5.91 Å². The molecular weight excluding hydrogens is 571 g/mol. The van der Waals surface area contributed by atoms with Crippen LogP contribution in [0.25, 0.3) is 0 Å². The van der Waals surface area contributed by atoms with E-state index in [1.165, 1.54) is 5.57 Å². The summed E-state index contributed by atoms with van der Waals surface area (Å²) in [5.74, 6) is 1.71. The van der Waals surface area contributed by atoms with E-state index in [9.17, 15) is 14.4 Å². The van der Waals surface area contributed by atoms with Gasteiger partial charge in [-0.15, -0.1) is 23.2 Å². The van der Waals surface area contributed by atoms with Crippen LogP contribution in [0.15, 0.2) is 35.9 Å². The molecule has 230 valence electrons. The molecule has 0 radical (unpaired) electrons. The van der Waals surface area contributed by atoms with Crippen LogP contribution in [0.3, 0.4) is 0 Å². The van der Waals surface area contributed by atoms with E-state index in [4.69, 9.17) is 27.9 Å². The van der Waals surface area contributed by atoms with Gasteiger partial charge in [0.15, 0.2) is 5.78 Å². The molecule has 4 aliphatic rings. The zero-order valence-corrected chi connectivity index (χ0v) is 26.8. The lowest BCUT2D eigenvalue weighted by atomic mass is 9.44. The first-order chi connectivity index (χ1) is 20.1. The van der Waals surface area contributed by atoms with Gasteiger partial charge in [0, 0.05) is 55.8 Å². The molecule has 3 unspecified atom stereocenters. The summed E-state index contributed by atoms with van der Waals surface area (Å²) < 4.78 is 5.99. The molecule has 7 atom stereocenters. The Morgan fingerprint density at radius 3 is 2.38 bits per heavy atom. The Hall–Kier alpha value is -2.05. The number of esters is 1. The molecule has 0 aromatic heterocycles. The number of benzene rings is 1. The third-order valence-electron chi connectivity index (χ3n) is 11.2. The number of ether oxygens (including phenoxy) is 1. The topological polar surface area (TPSA) is 75.7 Å². The number of hydrogen-bond donors (Lipinski definition) is 1. The van der Waals surface area contributed by atoms with Gasteiger partial charge in [0.05, 0.1) is 6.42 Å². The van der Waals surface area contributed by atoms with E-state index >= 15 is 0 Å². The van der Waals surface area contributed by atoms with Gasteiger partial charge in [-0.2, -0.15) is 0 Å². The molecule has 0 bridgehead atoms. The van der Waals surface area contributed by atoms with Crippen LogP contribution in [0.5, 0.6) is 0 Å². The SMILES string of the molecule is CC(=O)N[C@H]1CCCC2C3C(=O)C=C4C[C@@H](OC(=O)Cc5ccc(N(CCCl)CCCl)cc5)CC[C@]4(C)C3CC[C@@]21C. The van der Waals surface area contributed by atoms with Crippen LogP contribution in [-0.2, 0) is 25.5 Å². The largest absolute Gasteiger partial charge is 0.462 e. The van der Waals surface area contributed by atoms with Crippen molar-refractivity contribution < 1.29 is 19.1 Å². The first-order valence-electron chi connectivity index (χ1n) is 15.8. The fraction of sp³-hybridized carbons (Fsp3) is 0.676. The standard InChI is InChI=1S/C34H46Cl2N2O4/c1-22(39)37-30-6-4-5-27-32-28(12-14-34(27,30)3)33(2)13-11-26(20-24(33)21-29(32)40)42-31(41)19-23-7-9-25(10-8-23)38(17-15-35)18-16-36/h7-10,21,26-28,30,32H,4-6,11-20H2,1-3H3,(H,37,39)/t26-,27?,28?,30-,32?,33-,34-/m0/s1. The molecule has 1 aromatic carbocycles. The summed E-state index contributed by atoms with van der Waals surface area (Å²) in [5.41, 5.74) is 3.02. The Bertz CT molecular complexity index is 1200. The van der Waals surface area contributed by atoms with E-state index in [0.29, 0.717) is 43.1 Å². The van der Waals surface area contributed by atoms with E-state index in [0.717, 1.165) is 56.2 Å². The third kappa shape index (κ3) is 6.13. The molecule has 0 aliphatic heterocycles. The van der Waals surface area contributed by atoms with E-state index in [1.807, 2.05) is 30.3 Å². The second-order valence-electron chi connectivity index (χ2n) is 13.5. The summed E-state index contributed by atoms with van der Waals surface area (Å²) in [7, 11) is 0. The van der Waals surface area contributed by atoms with Gasteiger partial charge in [-0.05, 0) is 85.0 Å². The van der Waals surface area contributed by atoms with Crippen LogP contribution < -0.4 is 10.2 Å². The molecule has 3 saturated carbocycles. The van der Waals surface area contributed by atoms with Crippen molar-refractivity contribution >= 4 is 46.5 Å². The molecule has 1 amide bonds. The molecule has 42 heavy (non-hydrogen) atoms. The van der Waals surface area contributed by atoms with Gasteiger partial charge in [-0.3, -0.25) is 14.4 Å². The fourth-order valence-electron chi connectivity index (χ4n) is 8.94. The number of nitrogens with zero attached hydrogens (tertiary/aromatic N) is 1. The molecule has 3 fully saturated rings. The zero-order chi connectivity index (χ0) is 30.1. The van der Waals surface area contributed by atoms with E-state index < -0.39 is 0 Å². The monoisotopic (exact) mass is 616 g/mol. The van der Waals surface area contributed by atoms with Crippen molar-refractivity contribution in [1.29, 1.82) is 0 Å². The number of ketones is 1. The summed E-state index contributed by atoms with van der Waals surface area (Å²) in [6.07, 6.45) is 9.45. The number of halogens is 2. The van der Waals surface area contributed by atoms with Gasteiger partial charge in [0.1, 0.15) is 6.10 Å². The number of carbonyl (C=O) groups is 3. The number of fused-ring (bicyclic) bond motifs is 5. The molecular formula is C34H46Cl2N2O4. The summed E-state index contributed by atoms with van der Waals surface area (Å²) in [5, 5.41) is 3.23. The highest BCUT2D eigenvalue weighted by molar-refractivity contribution is 6.18. The van der Waals surface area contributed by atoms with Crippen molar-refractivity contribution in [3.63, 3.8) is 0 Å². The van der Waals surface area contributed by atoms with Crippen molar-refractivity contribution in [3.05, 3.63) is 41.5 Å². The van der Waals surface area contributed by atoms with Gasteiger partial charge in [-0.25, -0.2) is 0 Å². The zero-order valence-electron chi connectivity index (χ0n) is 25.3. The molecule has 8 heteroatoms. The van der Waals surface area contributed by atoms with Gasteiger partial charge in [0.25, 0.3) is 0 Å². The predicted molar refractivity (Wildman–Crippen MR) is 168 cm³/mol. The molecule has 5 rings (SSSR count). The lowest BCUT2D eigenvalue weighted by Gasteiger charge is -2.60. The number of alkyl halides is 2. The van der Waals surface area contributed by atoms with E-state index in [-0.39, 0.29) is 53.0 Å². The maximum absolute atomic E-state index is 13.8. The van der Waals surface area contributed by atoms with E-state index in [2.05, 4.69) is 24.1 Å². The normalized spacial score (nSPS) is 33.9. The molecule has 0 spiro atoms. The lowest BCUT2D eigenvalue weighted by molar-refractivity contribution is -0.151. The van der Waals surface area contributed by atoms with Crippen molar-refractivity contribution in [2.45, 2.75) is 90.7 Å². The average Bonchev–Trinajstić information content (AvgIpc) is 2.94. The molecule has 6 nitrogen and oxygen atoms in total. The molecule has 0 heterocycles. The first kappa shape index (κ1) is 31.4.